The molecule has 26 nitrogen and oxygen atoms in total. The molecule has 0 bridgehead atoms. The molecule has 13 rings (SSSR count). The summed E-state index contributed by atoms with van der Waals surface area (Å²) in [5, 5.41) is 19.6. The van der Waals surface area contributed by atoms with Gasteiger partial charge in [-0.15, -0.1) is 0 Å². The van der Waals surface area contributed by atoms with E-state index in [0.29, 0.717) is 61.2 Å². The van der Waals surface area contributed by atoms with Crippen molar-refractivity contribution in [3.63, 3.8) is 0 Å². The molecule has 8 heterocycles. The van der Waals surface area contributed by atoms with Crippen molar-refractivity contribution in [3.05, 3.63) is 163 Å². The van der Waals surface area contributed by atoms with E-state index in [2.05, 4.69) is 166 Å². The van der Waals surface area contributed by atoms with Crippen LogP contribution in [0.1, 0.15) is 98.8 Å². The third kappa shape index (κ3) is 26.1. The fourth-order valence-corrected chi connectivity index (χ4v) is 17.7. The molecule has 0 radical (unpaired) electrons. The number of aliphatic hydroxyl groups excluding tert-OH is 1. The molecule has 0 atom stereocenters. The third-order valence-corrected chi connectivity index (χ3v) is 26.8. The predicted octanol–water partition coefficient (Wildman–Crippen LogP) is 15.9. The standard InChI is InChI=1S/C37H49BrN9O2P.C19H32N4O.C18H18BrClN5OP.C7H8O3S.C4H10O/c1-8-26-19-31(34(49-5)21-33(26)47-13-11-28(12-14-47)46-17-15-45(4)16-18-46)43-37-40-22-29(38)36(44-37)42-30-10-9-27(20-35(30)50(6,7)48)32-23-39-24(2)25(3)41-32;1-4-15-13-17(20)19(24-3)14-18(15)23-7-5-16(6-8-23)22-11-9-21(2)10-12-22;1-10-11(2)23-15(9-21-10)12-5-6-14(16(7-12)27(3,4)26)24-17-13(19)8-22-18(20)25-17;1-6-2-4-7(5-3-6)11(8,9)10;1-2-3-4-5/h9-10,19-23,28H,8,11-18H2,1-7H3,(H2,40,42,43,44);13-14,16H,4-12,20H2,1-3H3;5-9H,1-4H3,(H,22,24,25);2-5H,1H3,(H,8,9,10);5H,2-4H2,1H3. The molecule has 0 amide bonds. The van der Waals surface area contributed by atoms with Gasteiger partial charge in [0.25, 0.3) is 10.1 Å². The largest absolute Gasteiger partial charge is 0.495 e. The summed E-state index contributed by atoms with van der Waals surface area (Å²) >= 11 is 12.9. The zero-order valence-electron chi connectivity index (χ0n) is 70.5. The second-order valence-corrected chi connectivity index (χ2v) is 40.5. The summed E-state index contributed by atoms with van der Waals surface area (Å²) in [5.41, 5.74) is 21.8. The average Bonchev–Trinajstić information content (AvgIpc) is 0.799. The summed E-state index contributed by atoms with van der Waals surface area (Å²) in [6.07, 6.45) is 15.5. The van der Waals surface area contributed by atoms with Crippen LogP contribution in [0.4, 0.5) is 51.7 Å². The Hall–Kier alpha value is -7.76. The van der Waals surface area contributed by atoms with E-state index in [9.17, 15) is 17.5 Å². The molecule has 4 fully saturated rings. The number of nitrogens with two attached hydrogens (primary N) is 1. The van der Waals surface area contributed by atoms with Gasteiger partial charge < -0.3 is 65.0 Å². The number of benzene rings is 5. The van der Waals surface area contributed by atoms with E-state index < -0.39 is 24.4 Å². The van der Waals surface area contributed by atoms with Crippen LogP contribution < -0.4 is 51.6 Å². The molecule has 4 aliphatic heterocycles. The van der Waals surface area contributed by atoms with Crippen LogP contribution in [-0.2, 0) is 32.1 Å². The first kappa shape index (κ1) is 93.1. The van der Waals surface area contributed by atoms with E-state index in [4.69, 9.17) is 46.4 Å². The molecule has 0 spiro atoms. The van der Waals surface area contributed by atoms with Gasteiger partial charge in [-0.2, -0.15) is 18.4 Å². The topological polar surface area (TPSA) is 312 Å². The first-order chi connectivity index (χ1) is 55.6. The number of methoxy groups -OCH3 is 2. The van der Waals surface area contributed by atoms with Gasteiger partial charge in [0.15, 0.2) is 0 Å². The average molecular weight is 1810 g/mol. The molecule has 4 aliphatic rings. The zero-order valence-corrected chi connectivity index (χ0v) is 77.0. The summed E-state index contributed by atoms with van der Waals surface area (Å²) in [5.74, 6) is 3.00. The van der Waals surface area contributed by atoms with Crippen LogP contribution in [0.5, 0.6) is 11.5 Å². The smallest absolute Gasteiger partial charge is 0.294 e. The van der Waals surface area contributed by atoms with Gasteiger partial charge >= 0.3 is 0 Å². The molecule has 9 aromatic rings. The molecular formula is C85H117Br2ClN18O8P2S. The van der Waals surface area contributed by atoms with E-state index in [1.54, 1.807) is 77.8 Å². The number of unbranched alkanes of at least 4 members (excludes halogenated alkanes) is 1. The van der Waals surface area contributed by atoms with Gasteiger partial charge in [-0.05, 0) is 223 Å². The molecule has 5 aromatic carbocycles. The Morgan fingerprint density at radius 3 is 1.38 bits per heavy atom. The second-order valence-electron chi connectivity index (χ2n) is 30.7. The highest BCUT2D eigenvalue weighted by Crippen LogP contribution is 2.44. The van der Waals surface area contributed by atoms with Gasteiger partial charge in [-0.1, -0.05) is 57.0 Å². The first-order valence-corrected chi connectivity index (χ1v) is 48.4. The lowest BCUT2D eigenvalue weighted by Gasteiger charge is -2.43. The Labute approximate surface area is 714 Å². The fourth-order valence-electron chi connectivity index (χ4n) is 14.2. The number of likely N-dealkylation sites (N-methyl/N-ethyl adjacent to an activating group) is 2. The zero-order chi connectivity index (χ0) is 85.1. The minimum Gasteiger partial charge on any atom is -0.495 e. The lowest BCUT2D eigenvalue weighted by atomic mass is 9.99. The van der Waals surface area contributed by atoms with Gasteiger partial charge in [-0.25, -0.2) is 19.9 Å². The molecule has 0 saturated carbocycles. The Morgan fingerprint density at radius 1 is 0.538 bits per heavy atom. The van der Waals surface area contributed by atoms with E-state index in [1.165, 1.54) is 99.6 Å². The van der Waals surface area contributed by atoms with Crippen molar-refractivity contribution < 1.29 is 36.7 Å². The van der Waals surface area contributed by atoms with E-state index in [-0.39, 0.29) is 10.2 Å². The van der Waals surface area contributed by atoms with Crippen LogP contribution in [0, 0.1) is 34.6 Å². The quantitative estimate of drug-likeness (QED) is 0.0168. The lowest BCUT2D eigenvalue weighted by Crippen LogP contribution is -2.52. The van der Waals surface area contributed by atoms with Crippen molar-refractivity contribution in [2.45, 2.75) is 124 Å². The number of nitrogens with zero attached hydrogens (tertiary/aromatic N) is 14. The molecule has 4 saturated heterocycles. The number of rotatable bonds is 21. The summed E-state index contributed by atoms with van der Waals surface area (Å²) in [4.78, 5) is 50.8. The van der Waals surface area contributed by atoms with Crippen molar-refractivity contribution >= 4 is 130 Å². The summed E-state index contributed by atoms with van der Waals surface area (Å²) in [6, 6.07) is 27.4. The molecule has 0 unspecified atom stereocenters. The van der Waals surface area contributed by atoms with Crippen LogP contribution in [-0.4, -0.2) is 230 Å². The Bertz CT molecular complexity index is 5040. The van der Waals surface area contributed by atoms with E-state index in [0.717, 1.165) is 145 Å². The van der Waals surface area contributed by atoms with E-state index in [1.807, 2.05) is 71.0 Å². The molecule has 32 heteroatoms. The fraction of sp³-hybridized carbons (Fsp3) is 0.459. The number of aromatic nitrogens is 8. The number of halogens is 3. The number of nitrogen functional groups attached to an aromatic ring is 1. The number of ether oxygens (including phenoxy) is 2. The number of aliphatic hydroxyl groups is 1. The third-order valence-electron chi connectivity index (χ3n) is 21.5. The summed E-state index contributed by atoms with van der Waals surface area (Å²) in [7, 11) is -1.48. The van der Waals surface area contributed by atoms with Crippen molar-refractivity contribution in [2.75, 3.05) is 172 Å². The predicted molar refractivity (Wildman–Crippen MR) is 487 cm³/mol. The van der Waals surface area contributed by atoms with Gasteiger partial charge in [0.2, 0.25) is 11.2 Å². The molecular weight excluding hydrogens is 1690 g/mol. The number of piperidine rings is 2. The molecule has 7 N–H and O–H groups in total. The van der Waals surface area contributed by atoms with Crippen molar-refractivity contribution in [1.82, 2.24) is 59.5 Å². The van der Waals surface area contributed by atoms with Crippen LogP contribution in [0.3, 0.4) is 0 Å². The number of piperazine rings is 2. The number of aryl methyl sites for hydroxylation is 7. The minimum atomic E-state index is -4.02. The summed E-state index contributed by atoms with van der Waals surface area (Å²) in [6.45, 7) is 37.1. The maximum atomic E-state index is 13.5. The highest BCUT2D eigenvalue weighted by atomic mass is 79.9. The normalized spacial score (nSPS) is 15.5. The minimum absolute atomic E-state index is 0.0666. The van der Waals surface area contributed by atoms with Crippen LogP contribution in [0.25, 0.3) is 22.5 Å². The molecule has 4 aromatic heterocycles. The van der Waals surface area contributed by atoms with Gasteiger partial charge in [-0.3, -0.25) is 24.3 Å². The SMILES string of the molecule is CCCCO.CCc1cc(N)c(OC)cc1N1CCC(N2CCN(C)CC2)CC1.CCc1cc(Nc2ncc(Br)c(Nc3ccc(-c4cnc(C)c(C)n4)cc3P(C)(C)=O)n2)c(OC)cc1N1CCC(N2CCN(C)CC2)CC1.Cc1ccc(S(=O)(=O)O)cc1.Cc1ncc(-c2ccc(Nc3nc(Cl)ncc3Br)c(P(C)(C)=O)c2)nc1C. The number of hydrogen-bond acceptors (Lipinski definition) is 25. The number of nitrogens with one attached hydrogen (secondary N) is 3. The van der Waals surface area contributed by atoms with Gasteiger partial charge in [0.1, 0.15) is 37.4 Å². The second kappa shape index (κ2) is 43.0. The number of anilines is 9. The maximum absolute atomic E-state index is 13.5. The highest BCUT2D eigenvalue weighted by Gasteiger charge is 2.31. The monoisotopic (exact) mass is 1800 g/mol. The molecule has 632 valence electrons. The maximum Gasteiger partial charge on any atom is 0.294 e. The lowest BCUT2D eigenvalue weighted by molar-refractivity contribution is 0.0982. The molecule has 117 heavy (non-hydrogen) atoms. The highest BCUT2D eigenvalue weighted by molar-refractivity contribution is 9.11. The van der Waals surface area contributed by atoms with Gasteiger partial charge in [0, 0.05) is 155 Å². The first-order valence-electron chi connectivity index (χ1n) is 39.8. The van der Waals surface area contributed by atoms with Crippen molar-refractivity contribution in [1.29, 1.82) is 0 Å². The van der Waals surface area contributed by atoms with Crippen molar-refractivity contribution in [3.8, 4) is 34.0 Å². The van der Waals surface area contributed by atoms with Crippen LogP contribution >= 0.6 is 57.7 Å². The summed E-state index contributed by atoms with van der Waals surface area (Å²) < 4.78 is 68.7. The number of hydrogen-bond donors (Lipinski definition) is 6. The Kier molecular flexibility index (Phi) is 34.2. The van der Waals surface area contributed by atoms with Crippen molar-refractivity contribution in [2.24, 2.45) is 0 Å². The van der Waals surface area contributed by atoms with Gasteiger partial charge in [0.05, 0.1) is 97.4 Å². The Balaban J connectivity index is 0.000000195. The Morgan fingerprint density at radius 2 is 0.974 bits per heavy atom. The molecule has 0 aliphatic carbocycles. The van der Waals surface area contributed by atoms with Crippen LogP contribution in [0.15, 0.2) is 124 Å². The van der Waals surface area contributed by atoms with E-state index >= 15 is 0 Å². The van der Waals surface area contributed by atoms with Crippen LogP contribution in [0.2, 0.25) is 5.28 Å².